The fraction of sp³-hybridized carbons (Fsp3) is 0.480. The van der Waals surface area contributed by atoms with Crippen molar-refractivity contribution in [3.8, 4) is 5.75 Å². The molecule has 6 rings (SSSR count). The molecule has 4 heterocycles. The van der Waals surface area contributed by atoms with Crippen molar-refractivity contribution in [3.63, 3.8) is 0 Å². The van der Waals surface area contributed by atoms with Gasteiger partial charge in [-0.25, -0.2) is 9.78 Å². The molecular formula is C25H28ClN5O4. The van der Waals surface area contributed by atoms with Crippen LogP contribution < -0.4 is 15.7 Å². The first kappa shape index (κ1) is 22.6. The van der Waals surface area contributed by atoms with E-state index in [2.05, 4.69) is 20.2 Å². The third-order valence-corrected chi connectivity index (χ3v) is 8.05. The minimum atomic E-state index is -0.719. The summed E-state index contributed by atoms with van der Waals surface area (Å²) in [4.78, 5) is 34.9. The second-order valence-corrected chi connectivity index (χ2v) is 10.8. The van der Waals surface area contributed by atoms with E-state index in [-0.39, 0.29) is 17.6 Å². The molecule has 0 bridgehead atoms. The Kier molecular flexibility index (Phi) is 5.21. The van der Waals surface area contributed by atoms with Crippen molar-refractivity contribution in [2.24, 2.45) is 0 Å². The normalized spacial score (nSPS) is 25.5. The summed E-state index contributed by atoms with van der Waals surface area (Å²) in [5.41, 5.74) is 1.65. The number of rotatable bonds is 5. The molecule has 0 unspecified atom stereocenters. The molecule has 1 saturated heterocycles. The molecule has 0 atom stereocenters. The highest BCUT2D eigenvalue weighted by atomic mass is 35.5. The molecule has 0 radical (unpaired) electrons. The Hall–Kier alpha value is -2.88. The number of H-pyrrole nitrogens is 1. The number of halogens is 1. The number of hydrogen-bond donors (Lipinski definition) is 3. The fourth-order valence-electron chi connectivity index (χ4n) is 5.88. The van der Waals surface area contributed by atoms with Crippen molar-refractivity contribution < 1.29 is 14.6 Å². The van der Waals surface area contributed by atoms with Gasteiger partial charge in [0, 0.05) is 29.4 Å². The van der Waals surface area contributed by atoms with Gasteiger partial charge >= 0.3 is 5.69 Å². The molecule has 9 nitrogen and oxygen atoms in total. The lowest BCUT2D eigenvalue weighted by Gasteiger charge is -2.41. The van der Waals surface area contributed by atoms with Crippen molar-refractivity contribution in [2.45, 2.75) is 49.7 Å². The number of fused-ring (bicyclic) bond motifs is 3. The average molecular weight is 498 g/mol. The molecule has 1 spiro atoms. The molecule has 3 aliphatic rings. The van der Waals surface area contributed by atoms with Crippen LogP contribution in [0.1, 0.15) is 44.2 Å². The first-order valence-corrected chi connectivity index (χ1v) is 12.4. The molecule has 2 aromatic heterocycles. The second-order valence-electron chi connectivity index (χ2n) is 10.3. The molecule has 3 aromatic rings. The topological polar surface area (TPSA) is 112 Å². The summed E-state index contributed by atoms with van der Waals surface area (Å²) in [6.07, 6.45) is 4.19. The highest BCUT2D eigenvalue weighted by molar-refractivity contribution is 6.31. The number of aliphatic hydroxyl groups is 1. The molecule has 10 heteroatoms. The van der Waals surface area contributed by atoms with Crippen molar-refractivity contribution in [1.29, 1.82) is 0 Å². The standard InChI is InChI=1S/C25H28ClN5O4/c1-24(34)12-16(13-24)31-21-20(29-23(31)33)11-17(14-27-21)35-9-8-30-6-4-25(5-7-30)18-10-15(26)2-3-19(18)28-22(25)32/h2-3,10-11,14,16,34H,4-9,12-13H2,1H3,(H,28,32)(H,29,33)/t16-,24+. The van der Waals surface area contributed by atoms with Crippen LogP contribution in [0.2, 0.25) is 5.02 Å². The maximum Gasteiger partial charge on any atom is 0.327 e. The summed E-state index contributed by atoms with van der Waals surface area (Å²) in [7, 11) is 0. The number of carbonyl (C=O) groups excluding carboxylic acids is 1. The zero-order chi connectivity index (χ0) is 24.4. The highest BCUT2D eigenvalue weighted by Crippen LogP contribution is 2.46. The largest absolute Gasteiger partial charge is 0.491 e. The number of pyridine rings is 1. The number of imidazole rings is 1. The summed E-state index contributed by atoms with van der Waals surface area (Å²) < 4.78 is 7.57. The molecule has 1 aliphatic carbocycles. The predicted molar refractivity (Wildman–Crippen MR) is 132 cm³/mol. The highest BCUT2D eigenvalue weighted by Gasteiger charge is 2.48. The lowest BCUT2D eigenvalue weighted by atomic mass is 9.73. The number of benzene rings is 1. The van der Waals surface area contributed by atoms with Crippen molar-refractivity contribution in [2.75, 3.05) is 31.6 Å². The Balaban J connectivity index is 1.07. The zero-order valence-corrected chi connectivity index (χ0v) is 20.3. The van der Waals surface area contributed by atoms with Crippen LogP contribution in [0.25, 0.3) is 11.2 Å². The van der Waals surface area contributed by atoms with Crippen LogP contribution in [0.5, 0.6) is 5.75 Å². The van der Waals surface area contributed by atoms with Crippen LogP contribution in [0.15, 0.2) is 35.3 Å². The van der Waals surface area contributed by atoms with Gasteiger partial charge in [0.15, 0.2) is 5.65 Å². The van der Waals surface area contributed by atoms with Crippen LogP contribution in [-0.4, -0.2) is 62.3 Å². The van der Waals surface area contributed by atoms with Gasteiger partial charge in [0.25, 0.3) is 0 Å². The number of carbonyl (C=O) groups is 1. The van der Waals surface area contributed by atoms with Gasteiger partial charge in [-0.15, -0.1) is 0 Å². The smallest absolute Gasteiger partial charge is 0.327 e. The van der Waals surface area contributed by atoms with E-state index in [4.69, 9.17) is 16.3 Å². The Morgan fingerprint density at radius 3 is 2.74 bits per heavy atom. The molecule has 35 heavy (non-hydrogen) atoms. The average Bonchev–Trinajstić information content (AvgIpc) is 3.26. The van der Waals surface area contributed by atoms with Gasteiger partial charge < -0.3 is 20.1 Å². The number of aromatic nitrogens is 3. The van der Waals surface area contributed by atoms with Crippen molar-refractivity contribution in [3.05, 3.63) is 51.5 Å². The second kappa shape index (κ2) is 8.08. The van der Waals surface area contributed by atoms with Crippen LogP contribution in [-0.2, 0) is 10.2 Å². The van der Waals surface area contributed by atoms with Gasteiger partial charge in [-0.2, -0.15) is 0 Å². The molecule has 2 fully saturated rings. The van der Waals surface area contributed by atoms with Gasteiger partial charge in [-0.1, -0.05) is 11.6 Å². The summed E-state index contributed by atoms with van der Waals surface area (Å²) in [5, 5.41) is 13.7. The van der Waals surface area contributed by atoms with Crippen molar-refractivity contribution >= 4 is 34.4 Å². The van der Waals surface area contributed by atoms with Gasteiger partial charge in [0.05, 0.1) is 22.7 Å². The van der Waals surface area contributed by atoms with E-state index in [1.54, 1.807) is 29.8 Å². The van der Waals surface area contributed by atoms with Crippen LogP contribution >= 0.6 is 11.6 Å². The fourth-order valence-corrected chi connectivity index (χ4v) is 6.05. The van der Waals surface area contributed by atoms with Gasteiger partial charge in [0.1, 0.15) is 12.4 Å². The molecule has 2 aliphatic heterocycles. The van der Waals surface area contributed by atoms with Crippen LogP contribution in [0.3, 0.4) is 0 Å². The minimum Gasteiger partial charge on any atom is -0.491 e. The number of amides is 1. The van der Waals surface area contributed by atoms with Gasteiger partial charge in [0.2, 0.25) is 5.91 Å². The van der Waals surface area contributed by atoms with E-state index in [0.29, 0.717) is 41.4 Å². The van der Waals surface area contributed by atoms with E-state index in [1.807, 2.05) is 12.1 Å². The Labute approximate surface area is 207 Å². The third kappa shape index (κ3) is 3.82. The number of aromatic amines is 1. The summed E-state index contributed by atoms with van der Waals surface area (Å²) in [5.74, 6) is 0.662. The quantitative estimate of drug-likeness (QED) is 0.499. The summed E-state index contributed by atoms with van der Waals surface area (Å²) >= 11 is 6.21. The van der Waals surface area contributed by atoms with Gasteiger partial charge in [-0.05, 0) is 69.5 Å². The van der Waals surface area contributed by atoms with Crippen molar-refractivity contribution in [1.82, 2.24) is 19.4 Å². The molecule has 1 amide bonds. The third-order valence-electron chi connectivity index (χ3n) is 7.81. The van der Waals surface area contributed by atoms with E-state index < -0.39 is 11.0 Å². The number of nitrogens with one attached hydrogen (secondary N) is 2. The first-order chi connectivity index (χ1) is 16.7. The van der Waals surface area contributed by atoms with E-state index in [1.165, 1.54) is 0 Å². The monoisotopic (exact) mass is 497 g/mol. The van der Waals surface area contributed by atoms with Crippen LogP contribution in [0, 0.1) is 0 Å². The molecule has 1 saturated carbocycles. The molecule has 3 N–H and O–H groups in total. The molecular weight excluding hydrogens is 470 g/mol. The number of hydrogen-bond acceptors (Lipinski definition) is 6. The van der Waals surface area contributed by atoms with E-state index >= 15 is 0 Å². The number of anilines is 1. The zero-order valence-electron chi connectivity index (χ0n) is 19.5. The van der Waals surface area contributed by atoms with E-state index in [9.17, 15) is 14.7 Å². The summed E-state index contributed by atoms with van der Waals surface area (Å²) in [6, 6.07) is 7.36. The van der Waals surface area contributed by atoms with E-state index in [0.717, 1.165) is 43.7 Å². The Morgan fingerprint density at radius 1 is 1.23 bits per heavy atom. The maximum atomic E-state index is 12.8. The summed E-state index contributed by atoms with van der Waals surface area (Å²) in [6.45, 7) is 4.57. The lowest BCUT2D eigenvalue weighted by Crippen LogP contribution is -2.47. The number of ether oxygens (including phenoxy) is 1. The minimum absolute atomic E-state index is 0.0437. The predicted octanol–water partition coefficient (Wildman–Crippen LogP) is 2.83. The molecule has 1 aromatic carbocycles. The number of piperidine rings is 1. The van der Waals surface area contributed by atoms with Gasteiger partial charge in [-0.3, -0.25) is 14.3 Å². The number of nitrogens with zero attached hydrogens (tertiary/aromatic N) is 3. The Bertz CT molecular complexity index is 1360. The number of likely N-dealkylation sites (tertiary alicyclic amines) is 1. The maximum absolute atomic E-state index is 12.8. The van der Waals surface area contributed by atoms with Crippen LogP contribution in [0.4, 0.5) is 5.69 Å². The lowest BCUT2D eigenvalue weighted by molar-refractivity contribution is -0.122. The first-order valence-electron chi connectivity index (χ1n) is 12.0. The SMILES string of the molecule is C[C@]1(O)C[C@@H](n2c(=O)[nH]c3cc(OCCN4CCC5(CC4)C(=O)Nc4ccc(Cl)cc45)cnc32)C1. The Morgan fingerprint density at radius 2 is 2.00 bits per heavy atom. The molecule has 184 valence electrons.